The van der Waals surface area contributed by atoms with Crippen molar-refractivity contribution in [1.29, 1.82) is 0 Å². The molecular weight excluding hydrogens is 384 g/mol. The Bertz CT molecular complexity index is 684. The number of anilines is 2. The van der Waals surface area contributed by atoms with Crippen molar-refractivity contribution in [3.8, 4) is 0 Å². The molecule has 20 heavy (non-hydrogen) atoms. The van der Waals surface area contributed by atoms with Crippen LogP contribution in [0.25, 0.3) is 0 Å². The van der Waals surface area contributed by atoms with E-state index in [4.69, 9.17) is 5.73 Å². The number of carbonyl (C=O) groups is 1. The lowest BCUT2D eigenvalue weighted by Gasteiger charge is -2.11. The van der Waals surface area contributed by atoms with Crippen molar-refractivity contribution in [2.24, 2.45) is 0 Å². The molecule has 0 spiro atoms. The third-order valence-electron chi connectivity index (χ3n) is 3.04. The molecule has 3 N–H and O–H groups in total. The Hall–Kier alpha value is -1.33. The first-order valence-corrected chi connectivity index (χ1v) is 7.60. The van der Waals surface area contributed by atoms with E-state index in [0.29, 0.717) is 16.9 Å². The molecule has 0 aromatic heterocycles. The van der Waals surface area contributed by atoms with Crippen molar-refractivity contribution in [3.63, 3.8) is 0 Å². The zero-order chi connectivity index (χ0) is 14.9. The van der Waals surface area contributed by atoms with Gasteiger partial charge in [-0.1, -0.05) is 22.0 Å². The van der Waals surface area contributed by atoms with Gasteiger partial charge in [0.15, 0.2) is 0 Å². The van der Waals surface area contributed by atoms with Crippen LogP contribution in [0.1, 0.15) is 21.5 Å². The van der Waals surface area contributed by atoms with Crippen molar-refractivity contribution in [3.05, 3.63) is 56.0 Å². The van der Waals surface area contributed by atoms with Gasteiger partial charge >= 0.3 is 0 Å². The maximum absolute atomic E-state index is 12.2. The number of nitrogens with two attached hydrogens (primary N) is 1. The fraction of sp³-hybridized carbons (Fsp3) is 0.133. The molecule has 0 radical (unpaired) electrons. The van der Waals surface area contributed by atoms with Crippen LogP contribution in [0.15, 0.2) is 39.3 Å². The predicted octanol–water partition coefficient (Wildman–Crippen LogP) is 4.66. The number of amides is 1. The molecule has 0 heterocycles. The number of rotatable bonds is 2. The molecule has 0 saturated carbocycles. The molecule has 0 aliphatic heterocycles. The lowest BCUT2D eigenvalue weighted by molar-refractivity contribution is 0.102. The highest BCUT2D eigenvalue weighted by molar-refractivity contribution is 9.10. The largest absolute Gasteiger partial charge is 0.398 e. The number of aryl methyl sites for hydroxylation is 2. The van der Waals surface area contributed by atoms with E-state index in [1.165, 1.54) is 0 Å². The number of halogens is 2. The molecule has 2 aromatic carbocycles. The Labute approximate surface area is 134 Å². The second kappa shape index (κ2) is 5.97. The van der Waals surface area contributed by atoms with Crippen LogP contribution in [0.3, 0.4) is 0 Å². The molecule has 0 fully saturated rings. The van der Waals surface area contributed by atoms with Crippen molar-refractivity contribution >= 4 is 49.1 Å². The minimum atomic E-state index is -0.172. The van der Waals surface area contributed by atoms with Crippen molar-refractivity contribution in [2.45, 2.75) is 13.8 Å². The van der Waals surface area contributed by atoms with E-state index >= 15 is 0 Å². The van der Waals surface area contributed by atoms with E-state index in [0.717, 1.165) is 20.1 Å². The maximum atomic E-state index is 12.2. The highest BCUT2D eigenvalue weighted by Gasteiger charge is 2.10. The van der Waals surface area contributed by atoms with Gasteiger partial charge in [-0.15, -0.1) is 0 Å². The van der Waals surface area contributed by atoms with Crippen LogP contribution < -0.4 is 11.1 Å². The first-order valence-electron chi connectivity index (χ1n) is 6.01. The van der Waals surface area contributed by atoms with E-state index in [2.05, 4.69) is 37.2 Å². The summed E-state index contributed by atoms with van der Waals surface area (Å²) >= 11 is 6.85. The molecule has 3 nitrogen and oxygen atoms in total. The number of hydrogen-bond acceptors (Lipinski definition) is 2. The highest BCUT2D eigenvalue weighted by Crippen LogP contribution is 2.28. The summed E-state index contributed by atoms with van der Waals surface area (Å²) in [4.78, 5) is 12.2. The lowest BCUT2D eigenvalue weighted by atomic mass is 10.1. The van der Waals surface area contributed by atoms with Crippen molar-refractivity contribution in [1.82, 2.24) is 0 Å². The molecule has 5 heteroatoms. The van der Waals surface area contributed by atoms with Gasteiger partial charge in [0.1, 0.15) is 0 Å². The second-order valence-corrected chi connectivity index (χ2v) is 6.32. The monoisotopic (exact) mass is 396 g/mol. The summed E-state index contributed by atoms with van der Waals surface area (Å²) in [6, 6.07) is 9.13. The third kappa shape index (κ3) is 3.22. The van der Waals surface area contributed by atoms with Gasteiger partial charge in [-0.3, -0.25) is 4.79 Å². The Morgan fingerprint density at radius 1 is 1.05 bits per heavy atom. The standard InChI is InChI=1S/C15H14Br2N2O/c1-8-3-4-10(6-11(8)16)15(20)19-14-7-13(18)9(2)5-12(14)17/h3-7H,18H2,1-2H3,(H,19,20). The minimum absolute atomic E-state index is 0.172. The number of benzene rings is 2. The SMILES string of the molecule is Cc1cc(Br)c(NC(=O)c2ccc(C)c(Br)c2)cc1N. The summed E-state index contributed by atoms with van der Waals surface area (Å²) in [6.45, 7) is 3.89. The average Bonchev–Trinajstić information content (AvgIpc) is 2.39. The molecule has 0 saturated heterocycles. The van der Waals surface area contributed by atoms with Gasteiger partial charge in [0.05, 0.1) is 5.69 Å². The Kier molecular flexibility index (Phi) is 4.50. The van der Waals surface area contributed by atoms with E-state index in [-0.39, 0.29) is 5.91 Å². The van der Waals surface area contributed by atoms with Gasteiger partial charge in [0.25, 0.3) is 5.91 Å². The summed E-state index contributed by atoms with van der Waals surface area (Å²) in [5.41, 5.74) is 9.82. The normalized spacial score (nSPS) is 10.4. The molecule has 0 atom stereocenters. The van der Waals surface area contributed by atoms with Crippen molar-refractivity contribution in [2.75, 3.05) is 11.1 Å². The molecule has 0 aliphatic carbocycles. The fourth-order valence-corrected chi connectivity index (χ4v) is 2.65. The summed E-state index contributed by atoms with van der Waals surface area (Å²) in [7, 11) is 0. The third-order valence-corrected chi connectivity index (χ3v) is 4.55. The van der Waals surface area contributed by atoms with Gasteiger partial charge in [0, 0.05) is 20.2 Å². The van der Waals surface area contributed by atoms with Gasteiger partial charge < -0.3 is 11.1 Å². The molecule has 1 amide bonds. The summed E-state index contributed by atoms with van der Waals surface area (Å²) in [5, 5.41) is 2.85. The van der Waals surface area contributed by atoms with E-state index in [1.807, 2.05) is 26.0 Å². The number of hydrogen-bond donors (Lipinski definition) is 2. The Morgan fingerprint density at radius 2 is 1.75 bits per heavy atom. The smallest absolute Gasteiger partial charge is 0.255 e. The molecule has 0 unspecified atom stereocenters. The quantitative estimate of drug-likeness (QED) is 0.723. The van der Waals surface area contributed by atoms with Crippen LogP contribution in [-0.2, 0) is 0 Å². The minimum Gasteiger partial charge on any atom is -0.398 e. The molecular formula is C15H14Br2N2O. The molecule has 0 aliphatic rings. The first kappa shape index (κ1) is 15.1. The predicted molar refractivity (Wildman–Crippen MR) is 90.1 cm³/mol. The van der Waals surface area contributed by atoms with Crippen LogP contribution >= 0.6 is 31.9 Å². The number of nitrogens with one attached hydrogen (secondary N) is 1. The summed E-state index contributed by atoms with van der Waals surface area (Å²) < 4.78 is 1.72. The lowest BCUT2D eigenvalue weighted by Crippen LogP contribution is -2.12. The van der Waals surface area contributed by atoms with Gasteiger partial charge in [-0.2, -0.15) is 0 Å². The van der Waals surface area contributed by atoms with Crippen LogP contribution in [0.2, 0.25) is 0 Å². The van der Waals surface area contributed by atoms with Crippen molar-refractivity contribution < 1.29 is 4.79 Å². The molecule has 2 aromatic rings. The Balaban J connectivity index is 2.27. The van der Waals surface area contributed by atoms with Gasteiger partial charge in [-0.25, -0.2) is 0 Å². The topological polar surface area (TPSA) is 55.1 Å². The van der Waals surface area contributed by atoms with Crippen LogP contribution in [0.4, 0.5) is 11.4 Å². The zero-order valence-corrected chi connectivity index (χ0v) is 14.3. The van der Waals surface area contributed by atoms with E-state index in [1.54, 1.807) is 18.2 Å². The zero-order valence-electron chi connectivity index (χ0n) is 11.1. The van der Waals surface area contributed by atoms with Crippen LogP contribution in [0, 0.1) is 13.8 Å². The number of nitrogen functional groups attached to an aromatic ring is 1. The van der Waals surface area contributed by atoms with E-state index < -0.39 is 0 Å². The fourth-order valence-electron chi connectivity index (χ4n) is 1.71. The van der Waals surface area contributed by atoms with Gasteiger partial charge in [-0.05, 0) is 65.2 Å². The maximum Gasteiger partial charge on any atom is 0.255 e. The molecule has 2 rings (SSSR count). The summed E-state index contributed by atoms with van der Waals surface area (Å²) in [6.07, 6.45) is 0. The van der Waals surface area contributed by atoms with E-state index in [9.17, 15) is 4.79 Å². The van der Waals surface area contributed by atoms with Crippen LogP contribution in [-0.4, -0.2) is 5.91 Å². The number of carbonyl (C=O) groups excluding carboxylic acids is 1. The summed E-state index contributed by atoms with van der Waals surface area (Å²) in [5.74, 6) is -0.172. The van der Waals surface area contributed by atoms with Gasteiger partial charge in [0.2, 0.25) is 0 Å². The molecule has 104 valence electrons. The first-order chi connectivity index (χ1) is 9.38. The Morgan fingerprint density at radius 3 is 2.40 bits per heavy atom. The molecule has 0 bridgehead atoms. The second-order valence-electron chi connectivity index (χ2n) is 4.61. The average molecular weight is 398 g/mol. The highest BCUT2D eigenvalue weighted by atomic mass is 79.9. The van der Waals surface area contributed by atoms with Crippen LogP contribution in [0.5, 0.6) is 0 Å².